The summed E-state index contributed by atoms with van der Waals surface area (Å²) >= 11 is 0. The second-order valence-corrected chi connectivity index (χ2v) is 9.21. The van der Waals surface area contributed by atoms with Crippen LogP contribution in [-0.2, 0) is 14.8 Å². The normalized spacial score (nSPS) is 10.9. The Morgan fingerprint density at radius 3 is 2.15 bits per heavy atom. The maximum absolute atomic E-state index is 13.6. The van der Waals surface area contributed by atoms with Gasteiger partial charge in [0.2, 0.25) is 11.8 Å². The van der Waals surface area contributed by atoms with Gasteiger partial charge in [0.05, 0.1) is 24.8 Å². The second-order valence-electron chi connectivity index (χ2n) is 7.35. The summed E-state index contributed by atoms with van der Waals surface area (Å²) in [6, 6.07) is 16.9. The lowest BCUT2D eigenvalue weighted by Crippen LogP contribution is -2.38. The predicted molar refractivity (Wildman–Crippen MR) is 129 cm³/mol. The van der Waals surface area contributed by atoms with Crippen molar-refractivity contribution in [1.29, 1.82) is 0 Å². The zero-order valence-corrected chi connectivity index (χ0v) is 19.8. The lowest BCUT2D eigenvalue weighted by Gasteiger charge is -2.26. The van der Waals surface area contributed by atoms with Gasteiger partial charge in [-0.25, -0.2) is 8.42 Å². The van der Waals surface area contributed by atoms with Crippen molar-refractivity contribution in [1.82, 2.24) is 0 Å². The summed E-state index contributed by atoms with van der Waals surface area (Å²) in [5, 5.41) is 2.64. The van der Waals surface area contributed by atoms with Crippen LogP contribution >= 0.6 is 0 Å². The Hall–Kier alpha value is -4.05. The second kappa shape index (κ2) is 10.3. The van der Waals surface area contributed by atoms with Gasteiger partial charge in [0.1, 0.15) is 18.0 Å². The lowest BCUT2D eigenvalue weighted by atomic mass is 10.2. The molecule has 9 nitrogen and oxygen atoms in total. The van der Waals surface area contributed by atoms with E-state index in [9.17, 15) is 18.0 Å². The minimum atomic E-state index is -4.14. The first-order chi connectivity index (χ1) is 16.1. The number of nitrogens with one attached hydrogen (secondary N) is 1. The van der Waals surface area contributed by atoms with Gasteiger partial charge in [-0.15, -0.1) is 0 Å². The average molecular weight is 484 g/mol. The van der Waals surface area contributed by atoms with Crippen molar-refractivity contribution in [3.05, 3.63) is 77.9 Å². The van der Waals surface area contributed by atoms with Crippen molar-refractivity contribution < 1.29 is 27.5 Å². The zero-order valence-electron chi connectivity index (χ0n) is 18.9. The van der Waals surface area contributed by atoms with E-state index in [0.717, 1.165) is 9.87 Å². The van der Waals surface area contributed by atoms with E-state index >= 15 is 0 Å². The third-order valence-electron chi connectivity index (χ3n) is 5.00. The first kappa shape index (κ1) is 24.6. The topological polar surface area (TPSA) is 128 Å². The average Bonchev–Trinajstić information content (AvgIpc) is 2.82. The Labute approximate surface area is 198 Å². The molecular formula is C24H25N3O6S. The molecule has 0 aliphatic carbocycles. The molecule has 0 aliphatic rings. The summed E-state index contributed by atoms with van der Waals surface area (Å²) in [5.74, 6) is -0.513. The highest BCUT2D eigenvalue weighted by Gasteiger charge is 2.29. The number of amides is 2. The van der Waals surface area contributed by atoms with Crippen LogP contribution in [0.3, 0.4) is 0 Å². The summed E-state index contributed by atoms with van der Waals surface area (Å²) in [5.41, 5.74) is 6.96. The largest absolute Gasteiger partial charge is 0.497 e. The number of carbonyl (C=O) groups excluding carboxylic acids is 2. The minimum absolute atomic E-state index is 0.0228. The maximum atomic E-state index is 13.6. The first-order valence-electron chi connectivity index (χ1n) is 10.2. The molecule has 34 heavy (non-hydrogen) atoms. The van der Waals surface area contributed by atoms with Gasteiger partial charge in [0.25, 0.3) is 10.0 Å². The number of carbonyl (C=O) groups is 2. The number of nitrogens with two attached hydrogens (primary N) is 1. The molecule has 0 unspecified atom stereocenters. The Bertz CT molecular complexity index is 1290. The van der Waals surface area contributed by atoms with Crippen molar-refractivity contribution in [2.75, 3.05) is 30.4 Å². The van der Waals surface area contributed by atoms with E-state index in [-0.39, 0.29) is 21.9 Å². The molecule has 0 fully saturated rings. The monoisotopic (exact) mass is 483 g/mol. The van der Waals surface area contributed by atoms with Crippen molar-refractivity contribution in [3.8, 4) is 11.5 Å². The molecule has 0 aliphatic heterocycles. The molecular weight excluding hydrogens is 458 g/mol. The molecule has 0 bridgehead atoms. The van der Waals surface area contributed by atoms with Crippen LogP contribution in [0.5, 0.6) is 11.5 Å². The predicted octanol–water partition coefficient (Wildman–Crippen LogP) is 2.95. The van der Waals surface area contributed by atoms with Crippen LogP contribution in [0.25, 0.3) is 0 Å². The third kappa shape index (κ3) is 5.46. The highest BCUT2D eigenvalue weighted by Crippen LogP contribution is 2.35. The molecule has 3 aromatic rings. The Morgan fingerprint density at radius 2 is 1.59 bits per heavy atom. The summed E-state index contributed by atoms with van der Waals surface area (Å²) < 4.78 is 38.7. The number of methoxy groups -OCH3 is 2. The molecule has 3 rings (SSSR count). The summed E-state index contributed by atoms with van der Waals surface area (Å²) in [4.78, 5) is 24.2. The van der Waals surface area contributed by atoms with E-state index in [2.05, 4.69) is 5.32 Å². The SMILES string of the molecule is COc1ccc(N(CC(=O)Nc2ccc(C(N)=O)cc2)S(=O)(=O)c2ccc(C)cc2)c(OC)c1. The summed E-state index contributed by atoms with van der Waals surface area (Å²) in [7, 11) is -1.26. The Balaban J connectivity index is 1.99. The van der Waals surface area contributed by atoms with Crippen molar-refractivity contribution >= 4 is 33.2 Å². The molecule has 0 saturated heterocycles. The molecule has 10 heteroatoms. The number of hydrogen-bond donors (Lipinski definition) is 2. The molecule has 2 amide bonds. The first-order valence-corrected chi connectivity index (χ1v) is 11.6. The number of rotatable bonds is 9. The van der Waals surface area contributed by atoms with Gasteiger partial charge in [-0.05, 0) is 55.5 Å². The maximum Gasteiger partial charge on any atom is 0.264 e. The van der Waals surface area contributed by atoms with E-state index in [1.54, 1.807) is 18.2 Å². The number of ether oxygens (including phenoxy) is 2. The van der Waals surface area contributed by atoms with Crippen molar-refractivity contribution in [2.24, 2.45) is 5.73 Å². The molecule has 0 radical (unpaired) electrons. The molecule has 0 aromatic heterocycles. The van der Waals surface area contributed by atoms with Crippen LogP contribution in [-0.4, -0.2) is 41.0 Å². The van der Waals surface area contributed by atoms with Gasteiger partial charge >= 0.3 is 0 Å². The lowest BCUT2D eigenvalue weighted by molar-refractivity contribution is -0.114. The van der Waals surface area contributed by atoms with Crippen LogP contribution < -0.4 is 24.8 Å². The molecule has 3 aromatic carbocycles. The minimum Gasteiger partial charge on any atom is -0.497 e. The number of hydrogen-bond acceptors (Lipinski definition) is 6. The van der Waals surface area contributed by atoms with Gasteiger partial charge in [-0.1, -0.05) is 17.7 Å². The standard InChI is InChI=1S/C24H25N3O6S/c1-16-4-11-20(12-5-16)34(30,31)27(21-13-10-19(32-2)14-22(21)33-3)15-23(28)26-18-8-6-17(7-9-18)24(25)29/h4-14H,15H2,1-3H3,(H2,25,29)(H,26,28). The molecule has 0 atom stereocenters. The van der Waals surface area contributed by atoms with E-state index in [0.29, 0.717) is 11.4 Å². The fourth-order valence-electron chi connectivity index (χ4n) is 3.18. The third-order valence-corrected chi connectivity index (χ3v) is 6.78. The van der Waals surface area contributed by atoms with E-state index in [1.165, 1.54) is 62.8 Å². The van der Waals surface area contributed by atoms with Gasteiger partial charge in [-0.2, -0.15) is 0 Å². The number of sulfonamides is 1. The van der Waals surface area contributed by atoms with E-state index in [4.69, 9.17) is 15.2 Å². The summed E-state index contributed by atoms with van der Waals surface area (Å²) in [6.07, 6.45) is 0. The number of aryl methyl sites for hydroxylation is 1. The van der Waals surface area contributed by atoms with Gasteiger partial charge in [-0.3, -0.25) is 13.9 Å². The number of nitrogens with zero attached hydrogens (tertiary/aromatic N) is 1. The summed E-state index contributed by atoms with van der Waals surface area (Å²) in [6.45, 7) is 1.31. The van der Waals surface area contributed by atoms with Gasteiger partial charge in [0.15, 0.2) is 0 Å². The number of benzene rings is 3. The smallest absolute Gasteiger partial charge is 0.264 e. The molecule has 0 saturated carbocycles. The molecule has 3 N–H and O–H groups in total. The Morgan fingerprint density at radius 1 is 0.941 bits per heavy atom. The number of primary amides is 1. The molecule has 0 spiro atoms. The van der Waals surface area contributed by atoms with E-state index in [1.807, 2.05) is 6.92 Å². The van der Waals surface area contributed by atoms with Crippen LogP contribution in [0, 0.1) is 6.92 Å². The van der Waals surface area contributed by atoms with Crippen LogP contribution in [0.1, 0.15) is 15.9 Å². The van der Waals surface area contributed by atoms with E-state index < -0.39 is 28.4 Å². The quantitative estimate of drug-likeness (QED) is 0.482. The highest BCUT2D eigenvalue weighted by molar-refractivity contribution is 7.92. The fraction of sp³-hybridized carbons (Fsp3) is 0.167. The van der Waals surface area contributed by atoms with Crippen LogP contribution in [0.15, 0.2) is 71.6 Å². The van der Waals surface area contributed by atoms with Crippen molar-refractivity contribution in [3.63, 3.8) is 0 Å². The molecule has 178 valence electrons. The highest BCUT2D eigenvalue weighted by atomic mass is 32.2. The van der Waals surface area contributed by atoms with Gasteiger partial charge in [0, 0.05) is 17.3 Å². The van der Waals surface area contributed by atoms with Crippen LogP contribution in [0.4, 0.5) is 11.4 Å². The number of anilines is 2. The van der Waals surface area contributed by atoms with Crippen LogP contribution in [0.2, 0.25) is 0 Å². The molecule has 0 heterocycles. The zero-order chi connectivity index (χ0) is 24.9. The fourth-order valence-corrected chi connectivity index (χ4v) is 4.61. The van der Waals surface area contributed by atoms with Crippen molar-refractivity contribution in [2.45, 2.75) is 11.8 Å². The Kier molecular flexibility index (Phi) is 7.42. The van der Waals surface area contributed by atoms with Gasteiger partial charge < -0.3 is 20.5 Å².